The number of alkyl halides is 1. The third-order valence-electron chi connectivity index (χ3n) is 4.12. The van der Waals surface area contributed by atoms with Gasteiger partial charge in [-0.15, -0.1) is 0 Å². The van der Waals surface area contributed by atoms with Gasteiger partial charge >= 0.3 is 0 Å². The Hall–Kier alpha value is -2.28. The first-order valence-corrected chi connectivity index (χ1v) is 8.58. The molecule has 1 aliphatic heterocycles. The highest BCUT2D eigenvalue weighted by Crippen LogP contribution is 2.30. The van der Waals surface area contributed by atoms with Gasteiger partial charge in [-0.2, -0.15) is 0 Å². The number of nitrogens with zero attached hydrogens (tertiary/aromatic N) is 2. The fourth-order valence-electron chi connectivity index (χ4n) is 2.51. The molecule has 1 aliphatic rings. The summed E-state index contributed by atoms with van der Waals surface area (Å²) in [5, 5.41) is 0.315. The fraction of sp³-hybridized carbons (Fsp3) is 0.444. The topological polar surface area (TPSA) is 94.5 Å². The van der Waals surface area contributed by atoms with E-state index in [1.807, 2.05) is 6.92 Å². The minimum atomic E-state index is -1.49. The molecule has 26 heavy (non-hydrogen) atoms. The van der Waals surface area contributed by atoms with Crippen LogP contribution in [0.3, 0.4) is 0 Å². The summed E-state index contributed by atoms with van der Waals surface area (Å²) in [6.07, 6.45) is 3.13. The lowest BCUT2D eigenvalue weighted by atomic mass is 10.1. The molecule has 1 aromatic heterocycles. The number of ether oxygens (including phenoxy) is 1. The number of hydrogen-bond donors (Lipinski definition) is 2. The average Bonchev–Trinajstić information content (AvgIpc) is 2.89. The summed E-state index contributed by atoms with van der Waals surface area (Å²) in [6.45, 7) is 6.50. The molecule has 1 amide bonds. The van der Waals surface area contributed by atoms with Crippen LogP contribution in [0.1, 0.15) is 43.6 Å². The third-order valence-corrected chi connectivity index (χ3v) is 4.44. The number of fused-ring (bicyclic) bond motifs is 1. The van der Waals surface area contributed by atoms with E-state index in [2.05, 4.69) is 4.98 Å². The Labute approximate surface area is 157 Å². The van der Waals surface area contributed by atoms with Crippen LogP contribution in [0, 0.1) is 0 Å². The molecule has 0 saturated carbocycles. The fourth-order valence-corrected chi connectivity index (χ4v) is 2.73. The van der Waals surface area contributed by atoms with Gasteiger partial charge in [0.2, 0.25) is 0 Å². The molecule has 1 aromatic rings. The van der Waals surface area contributed by atoms with Crippen molar-refractivity contribution in [1.82, 2.24) is 9.88 Å². The quantitative estimate of drug-likeness (QED) is 0.448. The smallest absolute Gasteiger partial charge is 0.255 e. The maximum Gasteiger partial charge on any atom is 0.255 e. The van der Waals surface area contributed by atoms with Gasteiger partial charge < -0.3 is 21.1 Å². The summed E-state index contributed by atoms with van der Waals surface area (Å²) in [4.78, 5) is 18.2. The molecular weight excluding hydrogens is 359 g/mol. The van der Waals surface area contributed by atoms with Crippen LogP contribution >= 0.6 is 11.6 Å². The van der Waals surface area contributed by atoms with Crippen LogP contribution < -0.4 is 11.5 Å². The van der Waals surface area contributed by atoms with Crippen molar-refractivity contribution >= 4 is 17.5 Å². The van der Waals surface area contributed by atoms with Crippen LogP contribution in [0.15, 0.2) is 35.5 Å². The second kappa shape index (κ2) is 7.53. The SMILES string of the molecule is CC(/C=C(\N)C(C)N1Cc2c(ccnc2Cl)C1=O)=C(/N)OCC(C)(C)F. The van der Waals surface area contributed by atoms with Crippen molar-refractivity contribution in [2.75, 3.05) is 6.61 Å². The number of halogens is 2. The predicted octanol–water partition coefficient (Wildman–Crippen LogP) is 2.88. The summed E-state index contributed by atoms with van der Waals surface area (Å²) in [5.74, 6) is -0.0627. The molecule has 4 N–H and O–H groups in total. The Morgan fingerprint density at radius 3 is 2.77 bits per heavy atom. The Morgan fingerprint density at radius 1 is 1.54 bits per heavy atom. The zero-order chi connectivity index (χ0) is 19.6. The zero-order valence-electron chi connectivity index (χ0n) is 15.3. The maximum atomic E-state index is 13.5. The maximum absolute atomic E-state index is 13.5. The monoisotopic (exact) mass is 382 g/mol. The molecule has 0 saturated heterocycles. The Morgan fingerprint density at radius 2 is 2.19 bits per heavy atom. The highest BCUT2D eigenvalue weighted by molar-refractivity contribution is 6.30. The van der Waals surface area contributed by atoms with Gasteiger partial charge in [-0.25, -0.2) is 9.37 Å². The van der Waals surface area contributed by atoms with E-state index in [0.29, 0.717) is 34.1 Å². The second-order valence-corrected chi connectivity index (χ2v) is 7.29. The van der Waals surface area contributed by atoms with Crippen LogP contribution in [-0.2, 0) is 11.3 Å². The lowest BCUT2D eigenvalue weighted by Gasteiger charge is -2.25. The highest BCUT2D eigenvalue weighted by atomic mass is 35.5. The van der Waals surface area contributed by atoms with Crippen LogP contribution in [0.25, 0.3) is 0 Å². The number of hydrogen-bond acceptors (Lipinski definition) is 5. The van der Waals surface area contributed by atoms with E-state index in [1.54, 1.807) is 24.0 Å². The third kappa shape index (κ3) is 4.46. The summed E-state index contributed by atoms with van der Waals surface area (Å²) >= 11 is 6.07. The number of carbonyl (C=O) groups is 1. The van der Waals surface area contributed by atoms with Crippen molar-refractivity contribution in [3.8, 4) is 0 Å². The Kier molecular flexibility index (Phi) is 5.81. The van der Waals surface area contributed by atoms with Crippen molar-refractivity contribution in [2.45, 2.75) is 46.0 Å². The van der Waals surface area contributed by atoms with Crippen molar-refractivity contribution in [3.63, 3.8) is 0 Å². The average molecular weight is 383 g/mol. The van der Waals surface area contributed by atoms with E-state index in [9.17, 15) is 9.18 Å². The van der Waals surface area contributed by atoms with Gasteiger partial charge in [0.25, 0.3) is 5.91 Å². The molecule has 6 nitrogen and oxygen atoms in total. The first-order chi connectivity index (χ1) is 12.0. The van der Waals surface area contributed by atoms with Crippen LogP contribution in [0.5, 0.6) is 0 Å². The van der Waals surface area contributed by atoms with Gasteiger partial charge in [-0.05, 0) is 39.8 Å². The molecule has 0 radical (unpaired) electrons. The summed E-state index contributed by atoms with van der Waals surface area (Å²) in [6, 6.07) is 1.26. The number of nitrogens with two attached hydrogens (primary N) is 2. The van der Waals surface area contributed by atoms with E-state index in [-0.39, 0.29) is 24.4 Å². The highest BCUT2D eigenvalue weighted by Gasteiger charge is 2.33. The molecule has 0 fully saturated rings. The predicted molar refractivity (Wildman–Crippen MR) is 98.9 cm³/mol. The van der Waals surface area contributed by atoms with Gasteiger partial charge in [-0.1, -0.05) is 11.6 Å². The van der Waals surface area contributed by atoms with Crippen LogP contribution in [-0.4, -0.2) is 34.1 Å². The van der Waals surface area contributed by atoms with Gasteiger partial charge in [-0.3, -0.25) is 4.79 Å². The Bertz CT molecular complexity index is 771. The molecule has 1 atom stereocenters. The van der Waals surface area contributed by atoms with E-state index >= 15 is 0 Å². The van der Waals surface area contributed by atoms with Gasteiger partial charge in [0.15, 0.2) is 5.88 Å². The van der Waals surface area contributed by atoms with Crippen molar-refractivity contribution in [3.05, 3.63) is 51.8 Å². The second-order valence-electron chi connectivity index (χ2n) is 6.94. The molecule has 0 aliphatic carbocycles. The van der Waals surface area contributed by atoms with Crippen LogP contribution in [0.4, 0.5) is 4.39 Å². The standard InChI is InChI=1S/C18H24ClFN4O2/c1-10(16(22)26-9-18(3,4)20)7-14(21)11(2)24-8-13-12(17(24)25)5-6-23-15(13)19/h5-7,11H,8-9,21-22H2,1-4H3/b14-7-,16-10+. The Balaban J connectivity index is 2.14. The minimum absolute atomic E-state index is 0.0918. The summed E-state index contributed by atoms with van der Waals surface area (Å²) in [7, 11) is 0. The normalized spacial score (nSPS) is 17.1. The van der Waals surface area contributed by atoms with Crippen LogP contribution in [0.2, 0.25) is 5.15 Å². The lowest BCUT2D eigenvalue weighted by Crippen LogP contribution is -2.37. The molecule has 2 rings (SSSR count). The lowest BCUT2D eigenvalue weighted by molar-refractivity contribution is 0.0733. The summed E-state index contributed by atoms with van der Waals surface area (Å²) < 4.78 is 18.7. The number of pyridine rings is 1. The first-order valence-electron chi connectivity index (χ1n) is 8.20. The zero-order valence-corrected chi connectivity index (χ0v) is 16.1. The summed E-state index contributed by atoms with van der Waals surface area (Å²) in [5.41, 5.74) is 12.7. The molecule has 2 heterocycles. The number of aromatic nitrogens is 1. The minimum Gasteiger partial charge on any atom is -0.476 e. The van der Waals surface area contributed by atoms with Gasteiger partial charge in [0, 0.05) is 28.6 Å². The molecule has 0 aromatic carbocycles. The number of carbonyl (C=O) groups excluding carboxylic acids is 1. The first kappa shape index (κ1) is 20.0. The van der Waals surface area contributed by atoms with E-state index < -0.39 is 5.67 Å². The number of rotatable bonds is 6. The molecule has 8 heteroatoms. The molecular formula is C18H24ClFN4O2. The molecule has 142 valence electrons. The van der Waals surface area contributed by atoms with Crippen molar-refractivity contribution in [1.29, 1.82) is 0 Å². The van der Waals surface area contributed by atoms with E-state index in [0.717, 1.165) is 0 Å². The van der Waals surface area contributed by atoms with E-state index in [4.69, 9.17) is 27.8 Å². The van der Waals surface area contributed by atoms with Gasteiger partial charge in [0.05, 0.1) is 12.6 Å². The van der Waals surface area contributed by atoms with E-state index in [1.165, 1.54) is 20.0 Å². The van der Waals surface area contributed by atoms with Crippen molar-refractivity contribution in [2.24, 2.45) is 11.5 Å². The number of amides is 1. The largest absolute Gasteiger partial charge is 0.476 e. The van der Waals surface area contributed by atoms with Gasteiger partial charge in [0.1, 0.15) is 17.4 Å². The molecule has 0 bridgehead atoms. The number of allylic oxidation sites excluding steroid dienone is 2. The molecule has 0 spiro atoms. The molecule has 1 unspecified atom stereocenters. The van der Waals surface area contributed by atoms with Crippen molar-refractivity contribution < 1.29 is 13.9 Å².